The van der Waals surface area contributed by atoms with Crippen LogP contribution in [0.3, 0.4) is 0 Å². The fraction of sp³-hybridized carbons (Fsp3) is 0.600. The molecule has 0 heterocycles. The molecule has 0 saturated heterocycles. The first-order valence-corrected chi connectivity index (χ1v) is 8.72. The highest BCUT2D eigenvalue weighted by Gasteiger charge is 2.28. The molecule has 0 spiro atoms. The summed E-state index contributed by atoms with van der Waals surface area (Å²) >= 11 is 0. The standard InChI is InChI=1S/C15H24N2O2S/c1-15(8-3-2-4-9-15)12-17-20(18,19)14-7-5-6-13(10-14)11-16/h5-7,10,17H,2-4,8-9,11-12,16H2,1H3. The predicted octanol–water partition coefficient (Wildman–Crippen LogP) is 2.39. The summed E-state index contributed by atoms with van der Waals surface area (Å²) in [6, 6.07) is 6.83. The van der Waals surface area contributed by atoms with Gasteiger partial charge in [-0.1, -0.05) is 38.3 Å². The third-order valence-electron chi connectivity index (χ3n) is 4.19. The highest BCUT2D eigenvalue weighted by molar-refractivity contribution is 7.89. The van der Waals surface area contributed by atoms with Crippen molar-refractivity contribution in [3.05, 3.63) is 29.8 Å². The summed E-state index contributed by atoms with van der Waals surface area (Å²) in [5, 5.41) is 0. The second-order valence-corrected chi connectivity index (χ2v) is 7.81. The average molecular weight is 296 g/mol. The van der Waals surface area contributed by atoms with Crippen molar-refractivity contribution in [1.29, 1.82) is 0 Å². The molecule has 1 aromatic rings. The van der Waals surface area contributed by atoms with Crippen molar-refractivity contribution in [2.24, 2.45) is 11.1 Å². The summed E-state index contributed by atoms with van der Waals surface area (Å²) in [6.07, 6.45) is 5.85. The molecule has 1 fully saturated rings. The molecule has 1 aliphatic rings. The average Bonchev–Trinajstić information content (AvgIpc) is 2.46. The predicted molar refractivity (Wildman–Crippen MR) is 80.7 cm³/mol. The van der Waals surface area contributed by atoms with Gasteiger partial charge in [0.15, 0.2) is 0 Å². The summed E-state index contributed by atoms with van der Waals surface area (Å²) in [7, 11) is -3.44. The highest BCUT2D eigenvalue weighted by Crippen LogP contribution is 2.35. The van der Waals surface area contributed by atoms with Gasteiger partial charge in [-0.3, -0.25) is 0 Å². The Hall–Kier alpha value is -0.910. The van der Waals surface area contributed by atoms with E-state index in [4.69, 9.17) is 5.73 Å². The molecule has 0 unspecified atom stereocenters. The molecule has 1 aromatic carbocycles. The van der Waals surface area contributed by atoms with E-state index in [9.17, 15) is 8.42 Å². The summed E-state index contributed by atoms with van der Waals surface area (Å²) in [5.41, 5.74) is 6.48. The quantitative estimate of drug-likeness (QED) is 0.876. The van der Waals surface area contributed by atoms with Crippen LogP contribution in [0.2, 0.25) is 0 Å². The number of benzene rings is 1. The van der Waals surface area contributed by atoms with E-state index in [-0.39, 0.29) is 5.41 Å². The van der Waals surface area contributed by atoms with Crippen molar-refractivity contribution in [2.75, 3.05) is 6.54 Å². The van der Waals surface area contributed by atoms with Gasteiger partial charge in [0, 0.05) is 13.1 Å². The van der Waals surface area contributed by atoms with E-state index in [2.05, 4.69) is 11.6 Å². The van der Waals surface area contributed by atoms with Gasteiger partial charge in [-0.2, -0.15) is 0 Å². The van der Waals surface area contributed by atoms with Crippen molar-refractivity contribution in [3.63, 3.8) is 0 Å². The highest BCUT2D eigenvalue weighted by atomic mass is 32.2. The number of hydrogen-bond donors (Lipinski definition) is 2. The Morgan fingerprint density at radius 2 is 1.95 bits per heavy atom. The number of rotatable bonds is 5. The van der Waals surface area contributed by atoms with E-state index in [0.29, 0.717) is 18.0 Å². The Morgan fingerprint density at radius 1 is 1.25 bits per heavy atom. The molecule has 0 amide bonds. The van der Waals surface area contributed by atoms with Crippen LogP contribution in [0, 0.1) is 5.41 Å². The first-order valence-electron chi connectivity index (χ1n) is 7.24. The number of nitrogens with one attached hydrogen (secondary N) is 1. The summed E-state index contributed by atoms with van der Waals surface area (Å²) in [6.45, 7) is 3.04. The summed E-state index contributed by atoms with van der Waals surface area (Å²) < 4.78 is 27.4. The monoisotopic (exact) mass is 296 g/mol. The van der Waals surface area contributed by atoms with Crippen LogP contribution in [0.1, 0.15) is 44.6 Å². The van der Waals surface area contributed by atoms with Crippen molar-refractivity contribution in [3.8, 4) is 0 Å². The molecule has 3 N–H and O–H groups in total. The summed E-state index contributed by atoms with van der Waals surface area (Å²) in [5.74, 6) is 0. The van der Waals surface area contributed by atoms with Crippen LogP contribution < -0.4 is 10.5 Å². The largest absolute Gasteiger partial charge is 0.326 e. The van der Waals surface area contributed by atoms with Gasteiger partial charge < -0.3 is 5.73 Å². The molecule has 2 rings (SSSR count). The number of nitrogens with two attached hydrogens (primary N) is 1. The van der Waals surface area contributed by atoms with E-state index >= 15 is 0 Å². The second-order valence-electron chi connectivity index (χ2n) is 6.05. The smallest absolute Gasteiger partial charge is 0.240 e. The van der Waals surface area contributed by atoms with Crippen LogP contribution in [-0.2, 0) is 16.6 Å². The third-order valence-corrected chi connectivity index (χ3v) is 5.59. The van der Waals surface area contributed by atoms with E-state index in [0.717, 1.165) is 18.4 Å². The molecule has 4 nitrogen and oxygen atoms in total. The van der Waals surface area contributed by atoms with E-state index in [1.807, 2.05) is 6.07 Å². The minimum absolute atomic E-state index is 0.0940. The fourth-order valence-corrected chi connectivity index (χ4v) is 4.04. The van der Waals surface area contributed by atoms with Gasteiger partial charge in [0.1, 0.15) is 0 Å². The zero-order valence-electron chi connectivity index (χ0n) is 12.1. The van der Waals surface area contributed by atoms with Gasteiger partial charge in [0.05, 0.1) is 4.90 Å². The lowest BCUT2D eigenvalue weighted by Crippen LogP contribution is -2.37. The van der Waals surface area contributed by atoms with Crippen molar-refractivity contribution in [2.45, 2.75) is 50.5 Å². The maximum absolute atomic E-state index is 12.3. The molecule has 20 heavy (non-hydrogen) atoms. The van der Waals surface area contributed by atoms with Gasteiger partial charge in [-0.15, -0.1) is 0 Å². The lowest BCUT2D eigenvalue weighted by Gasteiger charge is -2.33. The first kappa shape index (κ1) is 15.5. The maximum Gasteiger partial charge on any atom is 0.240 e. The van der Waals surface area contributed by atoms with Gasteiger partial charge >= 0.3 is 0 Å². The summed E-state index contributed by atoms with van der Waals surface area (Å²) in [4.78, 5) is 0.305. The Bertz CT molecular complexity index is 549. The molecule has 0 aliphatic heterocycles. The van der Waals surface area contributed by atoms with Crippen LogP contribution in [0.15, 0.2) is 29.2 Å². The van der Waals surface area contributed by atoms with Crippen LogP contribution in [0.25, 0.3) is 0 Å². The molecule has 0 bridgehead atoms. The molecule has 0 aromatic heterocycles. The molecule has 112 valence electrons. The van der Waals surface area contributed by atoms with Gasteiger partial charge in [-0.25, -0.2) is 13.1 Å². The fourth-order valence-electron chi connectivity index (χ4n) is 2.77. The van der Waals surface area contributed by atoms with Crippen LogP contribution >= 0.6 is 0 Å². The van der Waals surface area contributed by atoms with E-state index < -0.39 is 10.0 Å². The zero-order valence-corrected chi connectivity index (χ0v) is 12.9. The number of hydrogen-bond acceptors (Lipinski definition) is 3. The molecule has 5 heteroatoms. The lowest BCUT2D eigenvalue weighted by atomic mass is 9.76. The Kier molecular flexibility index (Phi) is 4.83. The lowest BCUT2D eigenvalue weighted by molar-refractivity contribution is 0.219. The normalized spacial score (nSPS) is 18.9. The van der Waals surface area contributed by atoms with Crippen LogP contribution in [-0.4, -0.2) is 15.0 Å². The molecular weight excluding hydrogens is 272 g/mol. The van der Waals surface area contributed by atoms with Gasteiger partial charge in [-0.05, 0) is 36.0 Å². The van der Waals surface area contributed by atoms with Crippen LogP contribution in [0.4, 0.5) is 0 Å². The van der Waals surface area contributed by atoms with Crippen molar-refractivity contribution in [1.82, 2.24) is 4.72 Å². The SMILES string of the molecule is CC1(CNS(=O)(=O)c2cccc(CN)c2)CCCCC1. The Morgan fingerprint density at radius 3 is 2.60 bits per heavy atom. The minimum atomic E-state index is -3.44. The third kappa shape index (κ3) is 3.81. The molecule has 0 atom stereocenters. The van der Waals surface area contributed by atoms with E-state index in [1.165, 1.54) is 19.3 Å². The van der Waals surface area contributed by atoms with E-state index in [1.54, 1.807) is 18.2 Å². The molecule has 1 saturated carbocycles. The van der Waals surface area contributed by atoms with Gasteiger partial charge in [0.2, 0.25) is 10.0 Å². The first-order chi connectivity index (χ1) is 9.45. The molecule has 0 radical (unpaired) electrons. The van der Waals surface area contributed by atoms with Crippen molar-refractivity contribution >= 4 is 10.0 Å². The topological polar surface area (TPSA) is 72.2 Å². The molecular formula is C15H24N2O2S. The zero-order chi connectivity index (χ0) is 14.6. The number of sulfonamides is 1. The van der Waals surface area contributed by atoms with Crippen molar-refractivity contribution < 1.29 is 8.42 Å². The maximum atomic E-state index is 12.3. The Balaban J connectivity index is 2.06. The second kappa shape index (κ2) is 6.24. The van der Waals surface area contributed by atoms with Gasteiger partial charge in [0.25, 0.3) is 0 Å². The minimum Gasteiger partial charge on any atom is -0.326 e. The van der Waals surface area contributed by atoms with Crippen LogP contribution in [0.5, 0.6) is 0 Å². The Labute approximate surface area is 121 Å². The molecule has 1 aliphatic carbocycles.